The molecule has 1 aliphatic rings. The van der Waals surface area contributed by atoms with Crippen molar-refractivity contribution in [2.24, 2.45) is 0 Å². The maximum atomic E-state index is 14.2. The van der Waals surface area contributed by atoms with Gasteiger partial charge in [-0.3, -0.25) is 4.79 Å². The third-order valence-electron chi connectivity index (χ3n) is 3.18. The molecule has 0 aliphatic heterocycles. The number of aromatic nitrogens is 1. The largest absolute Gasteiger partial charge is 0.477 e. The summed E-state index contributed by atoms with van der Waals surface area (Å²) in [6.45, 7) is 0. The maximum absolute atomic E-state index is 14.2. The van der Waals surface area contributed by atoms with Crippen LogP contribution in [0.5, 0.6) is 0 Å². The highest BCUT2D eigenvalue weighted by Gasteiger charge is 2.31. The molecule has 18 heavy (non-hydrogen) atoms. The SMILES string of the molecule is O=C(O)c1c(F)n(C2CC2)c2ccccc2c1=O. The highest BCUT2D eigenvalue weighted by atomic mass is 19.1. The third kappa shape index (κ3) is 1.44. The topological polar surface area (TPSA) is 59.3 Å². The Morgan fingerprint density at radius 1 is 1.33 bits per heavy atom. The normalized spacial score (nSPS) is 14.9. The Morgan fingerprint density at radius 3 is 2.61 bits per heavy atom. The van der Waals surface area contributed by atoms with Gasteiger partial charge in [-0.05, 0) is 25.0 Å². The van der Waals surface area contributed by atoms with Crippen molar-refractivity contribution in [1.29, 1.82) is 0 Å². The average molecular weight is 247 g/mol. The maximum Gasteiger partial charge on any atom is 0.344 e. The van der Waals surface area contributed by atoms with Crippen LogP contribution in [0.3, 0.4) is 0 Å². The van der Waals surface area contributed by atoms with Gasteiger partial charge in [-0.25, -0.2) is 4.79 Å². The van der Waals surface area contributed by atoms with Gasteiger partial charge in [0.05, 0.1) is 5.52 Å². The fraction of sp³-hybridized carbons (Fsp3) is 0.231. The average Bonchev–Trinajstić information content (AvgIpc) is 3.13. The second-order valence-electron chi connectivity index (χ2n) is 4.42. The van der Waals surface area contributed by atoms with Crippen molar-refractivity contribution in [3.8, 4) is 0 Å². The summed E-state index contributed by atoms with van der Waals surface area (Å²) in [4.78, 5) is 23.0. The molecular weight excluding hydrogens is 237 g/mol. The molecule has 1 heterocycles. The van der Waals surface area contributed by atoms with Gasteiger partial charge in [0.2, 0.25) is 11.4 Å². The lowest BCUT2D eigenvalue weighted by Gasteiger charge is -2.12. The number of halogens is 1. The molecule has 1 N–H and O–H groups in total. The van der Waals surface area contributed by atoms with Crippen LogP contribution in [-0.4, -0.2) is 15.6 Å². The smallest absolute Gasteiger partial charge is 0.344 e. The molecule has 5 heteroatoms. The molecule has 1 saturated carbocycles. The summed E-state index contributed by atoms with van der Waals surface area (Å²) >= 11 is 0. The number of benzene rings is 1. The Kier molecular flexibility index (Phi) is 2.23. The zero-order valence-electron chi connectivity index (χ0n) is 9.39. The van der Waals surface area contributed by atoms with Crippen molar-refractivity contribution in [3.05, 3.63) is 46.0 Å². The van der Waals surface area contributed by atoms with Crippen molar-refractivity contribution in [2.45, 2.75) is 18.9 Å². The number of rotatable bonds is 2. The van der Waals surface area contributed by atoms with E-state index in [4.69, 9.17) is 5.11 Å². The van der Waals surface area contributed by atoms with Gasteiger partial charge in [0.15, 0.2) is 5.56 Å². The molecule has 4 nitrogen and oxygen atoms in total. The number of pyridine rings is 1. The summed E-state index contributed by atoms with van der Waals surface area (Å²) in [6.07, 6.45) is 1.62. The molecule has 2 aromatic rings. The zero-order chi connectivity index (χ0) is 12.9. The molecule has 3 rings (SSSR count). The Morgan fingerprint density at radius 2 is 2.00 bits per heavy atom. The fourth-order valence-electron chi connectivity index (χ4n) is 2.21. The molecule has 0 radical (unpaired) electrons. The fourth-order valence-corrected chi connectivity index (χ4v) is 2.21. The Bertz CT molecular complexity index is 716. The molecule has 1 aromatic heterocycles. The van der Waals surface area contributed by atoms with Gasteiger partial charge in [-0.15, -0.1) is 0 Å². The molecule has 0 bridgehead atoms. The lowest BCUT2D eigenvalue weighted by atomic mass is 10.1. The number of hydrogen-bond donors (Lipinski definition) is 1. The monoisotopic (exact) mass is 247 g/mol. The summed E-state index contributed by atoms with van der Waals surface area (Å²) in [7, 11) is 0. The van der Waals surface area contributed by atoms with Crippen LogP contribution < -0.4 is 5.43 Å². The van der Waals surface area contributed by atoms with Crippen LogP contribution in [0.25, 0.3) is 10.9 Å². The first kappa shape index (κ1) is 11.0. The number of nitrogens with zero attached hydrogens (tertiary/aromatic N) is 1. The number of hydrogen-bond acceptors (Lipinski definition) is 2. The first-order valence-corrected chi connectivity index (χ1v) is 5.67. The first-order chi connectivity index (χ1) is 8.61. The zero-order valence-corrected chi connectivity index (χ0v) is 9.39. The van der Waals surface area contributed by atoms with Crippen LogP contribution in [0, 0.1) is 5.95 Å². The first-order valence-electron chi connectivity index (χ1n) is 5.67. The van der Waals surface area contributed by atoms with Crippen LogP contribution in [0.1, 0.15) is 29.2 Å². The van der Waals surface area contributed by atoms with Crippen LogP contribution in [-0.2, 0) is 0 Å². The molecule has 1 fully saturated rings. The molecule has 0 atom stereocenters. The van der Waals surface area contributed by atoms with E-state index >= 15 is 0 Å². The highest BCUT2D eigenvalue weighted by molar-refractivity contribution is 5.92. The number of carboxylic acids is 1. The minimum Gasteiger partial charge on any atom is -0.477 e. The van der Waals surface area contributed by atoms with Crippen LogP contribution in [0.15, 0.2) is 29.1 Å². The summed E-state index contributed by atoms with van der Waals surface area (Å²) in [5.74, 6) is -2.45. The minimum atomic E-state index is -1.52. The quantitative estimate of drug-likeness (QED) is 0.827. The summed E-state index contributed by atoms with van der Waals surface area (Å²) in [5, 5.41) is 9.23. The van der Waals surface area contributed by atoms with Crippen molar-refractivity contribution in [1.82, 2.24) is 4.57 Å². The predicted molar refractivity (Wildman–Crippen MR) is 63.4 cm³/mol. The van der Waals surface area contributed by atoms with Gasteiger partial charge in [0.25, 0.3) is 0 Å². The van der Waals surface area contributed by atoms with E-state index in [1.807, 2.05) is 0 Å². The summed E-state index contributed by atoms with van der Waals surface area (Å²) in [6, 6.07) is 6.49. The van der Waals surface area contributed by atoms with Gasteiger partial charge >= 0.3 is 5.97 Å². The van der Waals surface area contributed by atoms with E-state index in [1.165, 1.54) is 10.6 Å². The molecule has 0 spiro atoms. The van der Waals surface area contributed by atoms with E-state index in [1.54, 1.807) is 18.2 Å². The Labute approximate surface area is 101 Å². The summed E-state index contributed by atoms with van der Waals surface area (Å²) < 4.78 is 15.5. The van der Waals surface area contributed by atoms with Gasteiger partial charge < -0.3 is 9.67 Å². The number of aromatic carboxylic acids is 1. The summed E-state index contributed by atoms with van der Waals surface area (Å²) in [5.41, 5.74) is -1.05. The third-order valence-corrected chi connectivity index (χ3v) is 3.18. The number of fused-ring (bicyclic) bond motifs is 1. The van der Waals surface area contributed by atoms with E-state index in [0.29, 0.717) is 5.52 Å². The second kappa shape index (κ2) is 3.66. The van der Waals surface area contributed by atoms with Gasteiger partial charge in [0.1, 0.15) is 0 Å². The molecule has 0 saturated heterocycles. The van der Waals surface area contributed by atoms with E-state index in [0.717, 1.165) is 12.8 Å². The van der Waals surface area contributed by atoms with Gasteiger partial charge in [-0.1, -0.05) is 12.1 Å². The van der Waals surface area contributed by atoms with E-state index < -0.39 is 22.9 Å². The van der Waals surface area contributed by atoms with Crippen molar-refractivity contribution >= 4 is 16.9 Å². The highest BCUT2D eigenvalue weighted by Crippen LogP contribution is 2.38. The Hall–Kier alpha value is -2.17. The Balaban J connectivity index is 2.51. The van der Waals surface area contributed by atoms with E-state index in [-0.39, 0.29) is 11.4 Å². The van der Waals surface area contributed by atoms with E-state index in [9.17, 15) is 14.0 Å². The second-order valence-corrected chi connectivity index (χ2v) is 4.42. The lowest BCUT2D eigenvalue weighted by molar-refractivity contribution is 0.0688. The molecule has 0 amide bonds. The van der Waals surface area contributed by atoms with Crippen molar-refractivity contribution < 1.29 is 14.3 Å². The van der Waals surface area contributed by atoms with Crippen LogP contribution >= 0.6 is 0 Å². The van der Waals surface area contributed by atoms with Gasteiger partial charge in [-0.2, -0.15) is 4.39 Å². The van der Waals surface area contributed by atoms with Gasteiger partial charge in [0, 0.05) is 11.4 Å². The van der Waals surface area contributed by atoms with Crippen molar-refractivity contribution in [2.75, 3.05) is 0 Å². The number of carboxylic acid groups (broad SMARTS) is 1. The molecular formula is C13H10FNO3. The minimum absolute atomic E-state index is 0.0337. The number of carbonyl (C=O) groups is 1. The standard InChI is InChI=1S/C13H10FNO3/c14-12-10(13(17)18)11(16)8-3-1-2-4-9(8)15(12)7-5-6-7/h1-4,7H,5-6H2,(H,17,18). The molecule has 1 aromatic carbocycles. The molecule has 0 unspecified atom stereocenters. The number of para-hydroxylation sites is 1. The van der Waals surface area contributed by atoms with Crippen LogP contribution in [0.4, 0.5) is 4.39 Å². The lowest BCUT2D eigenvalue weighted by Crippen LogP contribution is -2.23. The predicted octanol–water partition coefficient (Wildman–Crippen LogP) is 2.17. The van der Waals surface area contributed by atoms with Crippen molar-refractivity contribution in [3.63, 3.8) is 0 Å². The van der Waals surface area contributed by atoms with E-state index in [2.05, 4.69) is 0 Å². The molecule has 1 aliphatic carbocycles. The van der Waals surface area contributed by atoms with Crippen LogP contribution in [0.2, 0.25) is 0 Å². The molecule has 92 valence electrons.